The topological polar surface area (TPSA) is 17.1 Å². The molecule has 4 heteroatoms. The molecular formula is C9H7Br3O. The third-order valence-electron chi connectivity index (χ3n) is 1.66. The lowest BCUT2D eigenvalue weighted by atomic mass is 10.1. The molecule has 0 heterocycles. The summed E-state index contributed by atoms with van der Waals surface area (Å²) in [5.74, 6) is 0.0406. The molecule has 0 aliphatic carbocycles. The molecule has 1 aromatic rings. The summed E-state index contributed by atoms with van der Waals surface area (Å²) in [4.78, 5) is 11.6. The Labute approximate surface area is 102 Å². The van der Waals surface area contributed by atoms with Crippen molar-refractivity contribution < 1.29 is 4.79 Å². The summed E-state index contributed by atoms with van der Waals surface area (Å²) in [5, 5.41) is 0. The number of alkyl halides is 2. The molecule has 0 aliphatic rings. The van der Waals surface area contributed by atoms with Gasteiger partial charge in [0.25, 0.3) is 0 Å². The Morgan fingerprint density at radius 2 is 2.00 bits per heavy atom. The number of aryl methyl sites for hydroxylation is 1. The molecule has 0 bridgehead atoms. The highest BCUT2D eigenvalue weighted by atomic mass is 79.9. The van der Waals surface area contributed by atoms with Crippen molar-refractivity contribution in [3.05, 3.63) is 33.8 Å². The van der Waals surface area contributed by atoms with E-state index in [-0.39, 0.29) is 9.52 Å². The van der Waals surface area contributed by atoms with E-state index in [4.69, 9.17) is 0 Å². The van der Waals surface area contributed by atoms with Gasteiger partial charge in [0, 0.05) is 10.0 Å². The van der Waals surface area contributed by atoms with Crippen LogP contribution in [0.4, 0.5) is 0 Å². The van der Waals surface area contributed by atoms with Gasteiger partial charge in [-0.3, -0.25) is 4.79 Å². The monoisotopic (exact) mass is 368 g/mol. The van der Waals surface area contributed by atoms with Gasteiger partial charge in [-0.25, -0.2) is 0 Å². The van der Waals surface area contributed by atoms with Crippen LogP contribution in [-0.4, -0.2) is 9.52 Å². The molecule has 0 aliphatic heterocycles. The molecule has 13 heavy (non-hydrogen) atoms. The van der Waals surface area contributed by atoms with Crippen molar-refractivity contribution in [3.63, 3.8) is 0 Å². The highest BCUT2D eigenvalue weighted by molar-refractivity contribution is 9.25. The Hall–Kier alpha value is 0.330. The smallest absolute Gasteiger partial charge is 0.187 e. The maximum absolute atomic E-state index is 11.6. The zero-order chi connectivity index (χ0) is 10.0. The average molecular weight is 371 g/mol. The maximum atomic E-state index is 11.6. The van der Waals surface area contributed by atoms with Crippen LogP contribution in [0.5, 0.6) is 0 Å². The van der Waals surface area contributed by atoms with Gasteiger partial charge < -0.3 is 0 Å². The molecule has 0 radical (unpaired) electrons. The van der Waals surface area contributed by atoms with Crippen molar-refractivity contribution in [1.82, 2.24) is 0 Å². The first-order chi connectivity index (χ1) is 6.02. The average Bonchev–Trinajstić information content (AvgIpc) is 2.08. The van der Waals surface area contributed by atoms with Gasteiger partial charge in [0.15, 0.2) is 5.78 Å². The lowest BCUT2D eigenvalue weighted by molar-refractivity contribution is 0.101. The molecule has 0 aromatic heterocycles. The standard InChI is InChI=1S/C9H7Br3O/c1-5-2-3-6(10)4-7(5)8(13)9(11)12/h2-4,9H,1H3. The van der Waals surface area contributed by atoms with Gasteiger partial charge in [-0.1, -0.05) is 53.9 Å². The maximum Gasteiger partial charge on any atom is 0.187 e. The number of benzene rings is 1. The van der Waals surface area contributed by atoms with Crippen LogP contribution in [0.15, 0.2) is 22.7 Å². The number of carbonyl (C=O) groups is 1. The van der Waals surface area contributed by atoms with Gasteiger partial charge in [0.2, 0.25) is 0 Å². The Morgan fingerprint density at radius 1 is 1.38 bits per heavy atom. The molecule has 0 unspecified atom stereocenters. The number of hydrogen-bond acceptors (Lipinski definition) is 1. The van der Waals surface area contributed by atoms with Crippen LogP contribution in [0.25, 0.3) is 0 Å². The number of halogens is 3. The van der Waals surface area contributed by atoms with Crippen LogP contribution < -0.4 is 0 Å². The molecule has 1 rings (SSSR count). The predicted molar refractivity (Wildman–Crippen MR) is 64.9 cm³/mol. The van der Waals surface area contributed by atoms with E-state index < -0.39 is 0 Å². The van der Waals surface area contributed by atoms with Crippen molar-refractivity contribution in [3.8, 4) is 0 Å². The third-order valence-corrected chi connectivity index (χ3v) is 2.99. The Kier molecular flexibility index (Phi) is 4.13. The fourth-order valence-electron chi connectivity index (χ4n) is 0.977. The second kappa shape index (κ2) is 4.71. The number of Topliss-reactive ketones (excluding diaryl/α,β-unsaturated/α-hetero) is 1. The molecule has 0 fully saturated rings. The van der Waals surface area contributed by atoms with E-state index in [1.165, 1.54) is 0 Å². The van der Waals surface area contributed by atoms with E-state index in [1.54, 1.807) is 0 Å². The Morgan fingerprint density at radius 3 is 2.54 bits per heavy atom. The zero-order valence-corrected chi connectivity index (χ0v) is 11.6. The Balaban J connectivity index is 3.13. The third kappa shape index (κ3) is 2.89. The molecule has 1 nitrogen and oxygen atoms in total. The first kappa shape index (κ1) is 11.4. The largest absolute Gasteiger partial charge is 0.292 e. The first-order valence-electron chi connectivity index (χ1n) is 3.61. The van der Waals surface area contributed by atoms with E-state index in [9.17, 15) is 4.79 Å². The van der Waals surface area contributed by atoms with Crippen molar-refractivity contribution in [2.75, 3.05) is 0 Å². The molecule has 0 amide bonds. The molecule has 0 N–H and O–H groups in total. The minimum Gasteiger partial charge on any atom is -0.292 e. The van der Waals surface area contributed by atoms with Gasteiger partial charge in [-0.05, 0) is 24.6 Å². The van der Waals surface area contributed by atoms with Gasteiger partial charge in [-0.2, -0.15) is 0 Å². The highest BCUT2D eigenvalue weighted by Gasteiger charge is 2.15. The van der Waals surface area contributed by atoms with E-state index in [0.29, 0.717) is 0 Å². The van der Waals surface area contributed by atoms with Gasteiger partial charge in [0.1, 0.15) is 3.74 Å². The lowest BCUT2D eigenvalue weighted by Gasteiger charge is -2.05. The van der Waals surface area contributed by atoms with E-state index in [1.807, 2.05) is 25.1 Å². The van der Waals surface area contributed by atoms with Crippen LogP contribution in [0.2, 0.25) is 0 Å². The summed E-state index contributed by atoms with van der Waals surface area (Å²) in [6.45, 7) is 1.92. The van der Waals surface area contributed by atoms with Crippen molar-refractivity contribution in [2.24, 2.45) is 0 Å². The molecule has 0 atom stereocenters. The fraction of sp³-hybridized carbons (Fsp3) is 0.222. The molecule has 0 saturated carbocycles. The minimum absolute atomic E-state index is 0.0406. The van der Waals surface area contributed by atoms with Crippen LogP contribution in [0.1, 0.15) is 15.9 Å². The summed E-state index contributed by atoms with van der Waals surface area (Å²) in [5.41, 5.74) is 1.71. The zero-order valence-electron chi connectivity index (χ0n) is 6.85. The normalized spacial score (nSPS) is 10.5. The van der Waals surface area contributed by atoms with Crippen molar-refractivity contribution in [2.45, 2.75) is 10.7 Å². The SMILES string of the molecule is Cc1ccc(Br)cc1C(=O)C(Br)Br. The summed E-state index contributed by atoms with van der Waals surface area (Å²) in [6, 6.07) is 5.66. The second-order valence-corrected chi connectivity index (χ2v) is 6.60. The second-order valence-electron chi connectivity index (χ2n) is 2.62. The lowest BCUT2D eigenvalue weighted by Crippen LogP contribution is -2.08. The quantitative estimate of drug-likeness (QED) is 0.567. The molecule has 70 valence electrons. The molecule has 0 saturated heterocycles. The van der Waals surface area contributed by atoms with Crippen LogP contribution >= 0.6 is 47.8 Å². The number of ketones is 1. The van der Waals surface area contributed by atoms with Gasteiger partial charge >= 0.3 is 0 Å². The minimum atomic E-state index is -0.312. The van der Waals surface area contributed by atoms with E-state index in [2.05, 4.69) is 47.8 Å². The molecular weight excluding hydrogens is 364 g/mol. The van der Waals surface area contributed by atoms with E-state index >= 15 is 0 Å². The predicted octanol–water partition coefficient (Wildman–Crippen LogP) is 4.06. The van der Waals surface area contributed by atoms with Crippen LogP contribution in [0, 0.1) is 6.92 Å². The van der Waals surface area contributed by atoms with Crippen LogP contribution in [0.3, 0.4) is 0 Å². The molecule has 0 spiro atoms. The Bertz CT molecular complexity index is 334. The fourth-order valence-corrected chi connectivity index (χ4v) is 1.83. The number of rotatable bonds is 2. The summed E-state index contributed by atoms with van der Waals surface area (Å²) < 4.78 is 0.607. The molecule has 1 aromatic carbocycles. The summed E-state index contributed by atoms with van der Waals surface area (Å²) in [6.07, 6.45) is 0. The van der Waals surface area contributed by atoms with Crippen LogP contribution in [-0.2, 0) is 0 Å². The first-order valence-corrected chi connectivity index (χ1v) is 6.23. The van der Waals surface area contributed by atoms with Crippen molar-refractivity contribution in [1.29, 1.82) is 0 Å². The van der Waals surface area contributed by atoms with Gasteiger partial charge in [-0.15, -0.1) is 0 Å². The van der Waals surface area contributed by atoms with Gasteiger partial charge in [0.05, 0.1) is 0 Å². The number of hydrogen-bond donors (Lipinski definition) is 0. The summed E-state index contributed by atoms with van der Waals surface area (Å²) >= 11 is 9.70. The highest BCUT2D eigenvalue weighted by Crippen LogP contribution is 2.21. The van der Waals surface area contributed by atoms with Crippen molar-refractivity contribution >= 4 is 53.6 Å². The number of carbonyl (C=O) groups excluding carboxylic acids is 1. The summed E-state index contributed by atoms with van der Waals surface area (Å²) in [7, 11) is 0. The van der Waals surface area contributed by atoms with E-state index in [0.717, 1.165) is 15.6 Å².